The van der Waals surface area contributed by atoms with Crippen LogP contribution < -0.4 is 10.6 Å². The first-order valence-electron chi connectivity index (χ1n) is 9.47. The number of ether oxygens (including phenoxy) is 1. The molecule has 1 aromatic carbocycles. The summed E-state index contributed by atoms with van der Waals surface area (Å²) in [7, 11) is 1.66. The predicted molar refractivity (Wildman–Crippen MR) is 117 cm³/mol. The number of nitrogens with one attached hydrogen (secondary N) is 2. The minimum absolute atomic E-state index is 0.00562. The molecule has 0 amide bonds. The molecule has 0 saturated heterocycles. The molecule has 1 aliphatic heterocycles. The zero-order valence-corrected chi connectivity index (χ0v) is 17.7. The molecule has 0 fully saturated rings. The molecule has 2 heterocycles. The summed E-state index contributed by atoms with van der Waals surface area (Å²) >= 11 is 4.83. The number of pyridine rings is 1. The van der Waals surface area contributed by atoms with E-state index in [0.29, 0.717) is 19.0 Å². The van der Waals surface area contributed by atoms with Crippen molar-refractivity contribution in [1.82, 2.24) is 15.2 Å². The topological polar surface area (TPSA) is 69.7 Å². The van der Waals surface area contributed by atoms with Gasteiger partial charge in [-0.2, -0.15) is 0 Å². The van der Waals surface area contributed by atoms with Gasteiger partial charge in [0.25, 0.3) is 0 Å². The van der Waals surface area contributed by atoms with Crippen LogP contribution in [0, 0.1) is 5.82 Å². The molecule has 1 aromatic heterocycles. The molecule has 2 atom stereocenters. The Balaban J connectivity index is 2.10. The normalized spacial score (nSPS) is 20.0. The average Bonchev–Trinajstić information content (AvgIpc) is 2.97. The molecule has 1 aliphatic rings. The summed E-state index contributed by atoms with van der Waals surface area (Å²) in [6, 6.07) is 10.1. The van der Waals surface area contributed by atoms with E-state index >= 15 is 0 Å². The summed E-state index contributed by atoms with van der Waals surface area (Å²) in [5.41, 5.74) is 3.56. The fourth-order valence-electron chi connectivity index (χ4n) is 3.31. The van der Waals surface area contributed by atoms with E-state index < -0.39 is 4.99 Å². The Morgan fingerprint density at radius 2 is 2.03 bits per heavy atom. The molecule has 0 bridgehead atoms. The van der Waals surface area contributed by atoms with Gasteiger partial charge < -0.3 is 25.4 Å². The van der Waals surface area contributed by atoms with E-state index in [9.17, 15) is 9.50 Å². The van der Waals surface area contributed by atoms with Crippen molar-refractivity contribution in [2.24, 2.45) is 0 Å². The molecule has 3 N–H and O–H groups in total. The van der Waals surface area contributed by atoms with Crippen LogP contribution in [0.3, 0.4) is 0 Å². The smallest absolute Gasteiger partial charge is 0.153 e. The minimum Gasteiger partial charge on any atom is -0.394 e. The number of nitrogens with zero attached hydrogens (tertiary/aromatic N) is 2. The quantitative estimate of drug-likeness (QED) is 0.494. The lowest BCUT2D eigenvalue weighted by atomic mass is 10.1. The maximum atomic E-state index is 13.5. The van der Waals surface area contributed by atoms with Crippen LogP contribution in [0.1, 0.15) is 25.0 Å². The maximum Gasteiger partial charge on any atom is 0.153 e. The molecule has 156 valence electrons. The number of halogens is 1. The lowest BCUT2D eigenvalue weighted by Crippen LogP contribution is -2.46. The fourth-order valence-corrected chi connectivity index (χ4v) is 3.62. The van der Waals surface area contributed by atoms with Crippen LogP contribution in [-0.2, 0) is 4.74 Å². The summed E-state index contributed by atoms with van der Waals surface area (Å²) < 4.78 is 18.8. The first-order chi connectivity index (χ1) is 13.9. The number of methoxy groups -OCH3 is 1. The van der Waals surface area contributed by atoms with Gasteiger partial charge in [-0.05, 0) is 50.2 Å². The Morgan fingerprint density at radius 1 is 1.31 bits per heavy atom. The van der Waals surface area contributed by atoms with Gasteiger partial charge in [-0.3, -0.25) is 0 Å². The monoisotopic (exact) mass is 418 g/mol. The van der Waals surface area contributed by atoms with Crippen molar-refractivity contribution in [3.63, 3.8) is 0 Å². The van der Waals surface area contributed by atoms with E-state index in [1.54, 1.807) is 25.4 Å². The average molecular weight is 419 g/mol. The Hall–Kier alpha value is -2.29. The highest BCUT2D eigenvalue weighted by atomic mass is 32.1. The molecule has 3 rings (SSSR count). The Bertz CT molecular complexity index is 873. The number of aliphatic hydroxyl groups excluding tert-OH is 1. The van der Waals surface area contributed by atoms with E-state index in [1.165, 1.54) is 12.1 Å². The third-order valence-corrected chi connectivity index (χ3v) is 5.10. The van der Waals surface area contributed by atoms with Gasteiger partial charge >= 0.3 is 0 Å². The van der Waals surface area contributed by atoms with Crippen molar-refractivity contribution < 1.29 is 14.2 Å². The molecule has 2 unspecified atom stereocenters. The largest absolute Gasteiger partial charge is 0.394 e. The van der Waals surface area contributed by atoms with Crippen LogP contribution in [0.4, 0.5) is 10.2 Å². The summed E-state index contributed by atoms with van der Waals surface area (Å²) in [6.45, 7) is 4.99. The zero-order valence-electron chi connectivity index (χ0n) is 16.8. The van der Waals surface area contributed by atoms with E-state index in [0.717, 1.165) is 22.5 Å². The number of thiol groups is 1. The molecule has 0 saturated carbocycles. The molecular formula is C21H27FN4O2S. The first-order valence-corrected chi connectivity index (χ1v) is 9.91. The van der Waals surface area contributed by atoms with E-state index in [2.05, 4.69) is 20.5 Å². The molecule has 6 nitrogen and oxygen atoms in total. The second kappa shape index (κ2) is 9.02. The number of aliphatic hydroxyl groups is 1. The Kier molecular flexibility index (Phi) is 6.66. The van der Waals surface area contributed by atoms with E-state index in [-0.39, 0.29) is 18.5 Å². The molecule has 8 heteroatoms. The molecule has 0 radical (unpaired) electrons. The second-order valence-corrected chi connectivity index (χ2v) is 8.05. The third-order valence-electron chi connectivity index (χ3n) is 4.75. The lowest BCUT2D eigenvalue weighted by molar-refractivity contribution is 0.153. The maximum absolute atomic E-state index is 13.5. The lowest BCUT2D eigenvalue weighted by Gasteiger charge is -2.34. The summed E-state index contributed by atoms with van der Waals surface area (Å²) in [6.07, 6.45) is 1.72. The van der Waals surface area contributed by atoms with Crippen LogP contribution in [0.2, 0.25) is 0 Å². The van der Waals surface area contributed by atoms with Gasteiger partial charge in [0.15, 0.2) is 4.99 Å². The predicted octanol–water partition coefficient (Wildman–Crippen LogP) is 2.99. The number of anilines is 1. The molecule has 2 aromatic rings. The standard InChI is InChI=1S/C21H27FN4O2S/c1-14(13-27)24-18-12-16(8-9-23-18)20-19(15-4-6-17(22)7-5-15)25-21(2,29)26(20)10-11-28-3/h4-9,12,14,25,27,29H,10-11,13H2,1-3H3,(H,23,24). The Morgan fingerprint density at radius 3 is 2.69 bits per heavy atom. The summed E-state index contributed by atoms with van der Waals surface area (Å²) in [5, 5.41) is 16.0. The van der Waals surface area contributed by atoms with E-state index in [1.807, 2.05) is 26.0 Å². The number of hydrogen-bond acceptors (Lipinski definition) is 7. The number of hydrogen-bond donors (Lipinski definition) is 4. The number of aromatic nitrogens is 1. The van der Waals surface area contributed by atoms with Gasteiger partial charge in [-0.1, -0.05) is 0 Å². The molecule has 29 heavy (non-hydrogen) atoms. The number of benzene rings is 1. The van der Waals surface area contributed by atoms with Crippen LogP contribution in [-0.4, -0.2) is 52.9 Å². The van der Waals surface area contributed by atoms with Crippen molar-refractivity contribution >= 4 is 29.8 Å². The van der Waals surface area contributed by atoms with Crippen molar-refractivity contribution in [2.45, 2.75) is 24.9 Å². The van der Waals surface area contributed by atoms with Gasteiger partial charge in [-0.25, -0.2) is 9.37 Å². The van der Waals surface area contributed by atoms with Gasteiger partial charge in [-0.15, -0.1) is 12.6 Å². The van der Waals surface area contributed by atoms with Gasteiger partial charge in [0.05, 0.1) is 24.6 Å². The highest BCUT2D eigenvalue weighted by Crippen LogP contribution is 2.41. The van der Waals surface area contributed by atoms with Crippen molar-refractivity contribution in [1.29, 1.82) is 0 Å². The highest BCUT2D eigenvalue weighted by Gasteiger charge is 2.39. The SMILES string of the molecule is COCCN1C(c2ccnc(NC(C)CO)c2)=C(c2ccc(F)cc2)NC1(C)S. The van der Waals surface area contributed by atoms with Crippen molar-refractivity contribution in [3.05, 3.63) is 59.5 Å². The third kappa shape index (κ3) is 4.83. The van der Waals surface area contributed by atoms with Crippen molar-refractivity contribution in [2.75, 3.05) is 32.2 Å². The summed E-state index contributed by atoms with van der Waals surface area (Å²) in [4.78, 5) is 5.81. The number of rotatable bonds is 8. The zero-order chi connectivity index (χ0) is 21.0. The van der Waals surface area contributed by atoms with Crippen LogP contribution in [0.5, 0.6) is 0 Å². The molecule has 0 spiro atoms. The van der Waals surface area contributed by atoms with Crippen LogP contribution in [0.15, 0.2) is 42.6 Å². The van der Waals surface area contributed by atoms with Crippen molar-refractivity contribution in [3.8, 4) is 0 Å². The minimum atomic E-state index is -0.660. The van der Waals surface area contributed by atoms with Gasteiger partial charge in [0, 0.05) is 37.0 Å². The fraction of sp³-hybridized carbons (Fsp3) is 0.381. The molecule has 0 aliphatic carbocycles. The second-order valence-electron chi connectivity index (χ2n) is 7.18. The highest BCUT2D eigenvalue weighted by molar-refractivity contribution is 7.81. The van der Waals surface area contributed by atoms with E-state index in [4.69, 9.17) is 17.4 Å². The summed E-state index contributed by atoms with van der Waals surface area (Å²) in [5.74, 6) is 0.377. The Labute approximate surface area is 176 Å². The first kappa shape index (κ1) is 21.4. The van der Waals surface area contributed by atoms with Gasteiger partial charge in [0.2, 0.25) is 0 Å². The van der Waals surface area contributed by atoms with Gasteiger partial charge in [0.1, 0.15) is 11.6 Å². The molecular weight excluding hydrogens is 391 g/mol. The van der Waals surface area contributed by atoms with Crippen LogP contribution >= 0.6 is 12.6 Å². The van der Waals surface area contributed by atoms with Crippen LogP contribution in [0.25, 0.3) is 11.4 Å².